The highest BCUT2D eigenvalue weighted by Crippen LogP contribution is 2.56. The second-order valence-corrected chi connectivity index (χ2v) is 6.72. The maximum Gasteiger partial charge on any atom is 0.338 e. The lowest BCUT2D eigenvalue weighted by Gasteiger charge is -2.27. The van der Waals surface area contributed by atoms with Gasteiger partial charge in [-0.3, -0.25) is 0 Å². The number of carbonyl (C=O) groups excluding carboxylic acids is 1. The highest BCUT2D eigenvalue weighted by atomic mass is 16.7. The third kappa shape index (κ3) is 2.71. The molecule has 0 bridgehead atoms. The Morgan fingerprint density at radius 3 is 2.52 bits per heavy atom. The number of epoxide rings is 1. The van der Waals surface area contributed by atoms with Gasteiger partial charge in [0.2, 0.25) is 0 Å². The summed E-state index contributed by atoms with van der Waals surface area (Å²) in [6, 6.07) is 9.13. The van der Waals surface area contributed by atoms with Gasteiger partial charge in [-0.1, -0.05) is 37.5 Å². The van der Waals surface area contributed by atoms with Crippen LogP contribution in [0.1, 0.15) is 56.3 Å². The van der Waals surface area contributed by atoms with Crippen LogP contribution < -0.4 is 0 Å². The van der Waals surface area contributed by atoms with Crippen LogP contribution in [0.3, 0.4) is 0 Å². The highest BCUT2D eigenvalue weighted by molar-refractivity contribution is 5.89. The molecule has 0 unspecified atom stereocenters. The summed E-state index contributed by atoms with van der Waals surface area (Å²) in [5, 5.41) is 0. The van der Waals surface area contributed by atoms with Gasteiger partial charge in [0.15, 0.2) is 0 Å². The Kier molecular flexibility index (Phi) is 3.78. The van der Waals surface area contributed by atoms with Gasteiger partial charge in [0.25, 0.3) is 0 Å². The highest BCUT2D eigenvalue weighted by Gasteiger charge is 2.67. The van der Waals surface area contributed by atoms with Gasteiger partial charge in [0.1, 0.15) is 17.8 Å². The van der Waals surface area contributed by atoms with Crippen LogP contribution in [-0.4, -0.2) is 23.8 Å². The predicted octanol–water partition coefficient (Wildman–Crippen LogP) is 3.97. The van der Waals surface area contributed by atoms with Crippen LogP contribution in [-0.2, 0) is 9.47 Å². The minimum absolute atomic E-state index is 0.121. The number of esters is 1. The van der Waals surface area contributed by atoms with E-state index in [4.69, 9.17) is 9.47 Å². The molecule has 0 amide bonds. The Bertz CT molecular complexity index is 506. The molecule has 2 fully saturated rings. The second-order valence-electron chi connectivity index (χ2n) is 6.72. The average molecular weight is 288 g/mol. The van der Waals surface area contributed by atoms with Crippen molar-refractivity contribution in [3.05, 3.63) is 35.9 Å². The number of carbonyl (C=O) groups is 1. The molecule has 1 heterocycles. The number of benzene rings is 1. The molecule has 1 aliphatic carbocycles. The van der Waals surface area contributed by atoms with Crippen molar-refractivity contribution in [1.29, 1.82) is 0 Å². The topological polar surface area (TPSA) is 38.8 Å². The third-order valence-electron chi connectivity index (χ3n) is 5.32. The summed E-state index contributed by atoms with van der Waals surface area (Å²) >= 11 is 0. The van der Waals surface area contributed by atoms with Crippen LogP contribution in [0.25, 0.3) is 0 Å². The van der Waals surface area contributed by atoms with Crippen molar-refractivity contribution >= 4 is 5.97 Å². The molecule has 0 N–H and O–H groups in total. The first kappa shape index (κ1) is 14.6. The SMILES string of the molecule is C[C@@]1(COC(=O)c2ccccc2)O[C@]1(C)C1CCCCC1. The van der Waals surface area contributed by atoms with Gasteiger partial charge < -0.3 is 9.47 Å². The predicted molar refractivity (Wildman–Crippen MR) is 81.2 cm³/mol. The van der Waals surface area contributed by atoms with Crippen LogP contribution in [0.5, 0.6) is 0 Å². The van der Waals surface area contributed by atoms with Crippen molar-refractivity contribution in [2.75, 3.05) is 6.61 Å². The molecule has 0 radical (unpaired) electrons. The zero-order valence-corrected chi connectivity index (χ0v) is 12.9. The molecule has 0 spiro atoms. The quantitative estimate of drug-likeness (QED) is 0.621. The normalized spacial score (nSPS) is 32.7. The van der Waals surface area contributed by atoms with Crippen LogP contribution in [0.2, 0.25) is 0 Å². The number of rotatable bonds is 4. The first-order valence-corrected chi connectivity index (χ1v) is 7.97. The molecule has 1 aliphatic heterocycles. The molecule has 1 saturated heterocycles. The summed E-state index contributed by atoms with van der Waals surface area (Å²) in [5.41, 5.74) is 0.158. The molecule has 21 heavy (non-hydrogen) atoms. The Morgan fingerprint density at radius 1 is 1.19 bits per heavy atom. The first-order chi connectivity index (χ1) is 10.1. The average Bonchev–Trinajstić information content (AvgIpc) is 3.10. The number of hydrogen-bond donors (Lipinski definition) is 0. The van der Waals surface area contributed by atoms with Gasteiger partial charge in [-0.2, -0.15) is 0 Å². The Labute approximate surface area is 126 Å². The lowest BCUT2D eigenvalue weighted by Crippen LogP contribution is -2.34. The van der Waals surface area contributed by atoms with Crippen LogP contribution in [0.15, 0.2) is 30.3 Å². The van der Waals surface area contributed by atoms with E-state index in [2.05, 4.69) is 13.8 Å². The van der Waals surface area contributed by atoms with Crippen molar-refractivity contribution in [1.82, 2.24) is 0 Å². The van der Waals surface area contributed by atoms with E-state index in [0.29, 0.717) is 18.1 Å². The fourth-order valence-corrected chi connectivity index (χ4v) is 3.64. The number of hydrogen-bond acceptors (Lipinski definition) is 3. The molecule has 114 valence electrons. The minimum Gasteiger partial charge on any atom is -0.459 e. The van der Waals surface area contributed by atoms with E-state index in [1.54, 1.807) is 12.1 Å². The fourth-order valence-electron chi connectivity index (χ4n) is 3.64. The van der Waals surface area contributed by atoms with Crippen LogP contribution in [0.4, 0.5) is 0 Å². The van der Waals surface area contributed by atoms with E-state index in [9.17, 15) is 4.79 Å². The van der Waals surface area contributed by atoms with Crippen molar-refractivity contribution < 1.29 is 14.3 Å². The summed E-state index contributed by atoms with van der Waals surface area (Å²) in [7, 11) is 0. The Balaban J connectivity index is 1.57. The van der Waals surface area contributed by atoms with Crippen LogP contribution >= 0.6 is 0 Å². The standard InChI is InChI=1S/C18H24O3/c1-17(13-20-16(19)14-9-5-3-6-10-14)18(2,21-17)15-11-7-4-8-12-15/h3,5-6,9-10,15H,4,7-8,11-13H2,1-2H3/t17-,18+/m0/s1. The fraction of sp³-hybridized carbons (Fsp3) is 0.611. The molecular formula is C18H24O3. The zero-order valence-electron chi connectivity index (χ0n) is 12.9. The van der Waals surface area contributed by atoms with Crippen molar-refractivity contribution in [3.8, 4) is 0 Å². The minimum atomic E-state index is -0.320. The van der Waals surface area contributed by atoms with E-state index in [-0.39, 0.29) is 17.2 Å². The lowest BCUT2D eigenvalue weighted by molar-refractivity contribution is 0.0410. The Morgan fingerprint density at radius 2 is 1.86 bits per heavy atom. The van der Waals surface area contributed by atoms with Gasteiger partial charge in [-0.15, -0.1) is 0 Å². The molecule has 2 atom stereocenters. The summed E-state index contributed by atoms with van der Waals surface area (Å²) in [5.74, 6) is 0.338. The smallest absolute Gasteiger partial charge is 0.338 e. The molecule has 1 saturated carbocycles. The summed E-state index contributed by atoms with van der Waals surface area (Å²) < 4.78 is 11.5. The Hall–Kier alpha value is -1.35. The van der Waals surface area contributed by atoms with E-state index >= 15 is 0 Å². The maximum atomic E-state index is 12.0. The molecule has 1 aromatic rings. The lowest BCUT2D eigenvalue weighted by atomic mass is 9.75. The molecule has 3 nitrogen and oxygen atoms in total. The van der Waals surface area contributed by atoms with Gasteiger partial charge in [0, 0.05) is 0 Å². The third-order valence-corrected chi connectivity index (χ3v) is 5.32. The first-order valence-electron chi connectivity index (χ1n) is 7.97. The monoisotopic (exact) mass is 288 g/mol. The van der Waals surface area contributed by atoms with Crippen LogP contribution in [0, 0.1) is 5.92 Å². The van der Waals surface area contributed by atoms with Crippen molar-refractivity contribution in [2.45, 2.75) is 57.2 Å². The number of ether oxygens (including phenoxy) is 2. The summed E-state index contributed by atoms with van der Waals surface area (Å²) in [6.45, 7) is 4.59. The van der Waals surface area contributed by atoms with E-state index in [1.165, 1.54) is 32.1 Å². The molecular weight excluding hydrogens is 264 g/mol. The van der Waals surface area contributed by atoms with Gasteiger partial charge in [0.05, 0.1) is 5.56 Å². The summed E-state index contributed by atoms with van der Waals surface area (Å²) in [4.78, 5) is 12.0. The van der Waals surface area contributed by atoms with E-state index < -0.39 is 0 Å². The maximum absolute atomic E-state index is 12.0. The molecule has 3 rings (SSSR count). The van der Waals surface area contributed by atoms with E-state index in [0.717, 1.165) is 0 Å². The van der Waals surface area contributed by atoms with Crippen molar-refractivity contribution in [2.24, 2.45) is 5.92 Å². The zero-order chi connectivity index (χ0) is 14.9. The van der Waals surface area contributed by atoms with E-state index in [1.807, 2.05) is 18.2 Å². The van der Waals surface area contributed by atoms with Gasteiger partial charge in [-0.25, -0.2) is 4.79 Å². The molecule has 1 aromatic carbocycles. The van der Waals surface area contributed by atoms with Crippen molar-refractivity contribution in [3.63, 3.8) is 0 Å². The molecule has 2 aliphatic rings. The van der Waals surface area contributed by atoms with Gasteiger partial charge in [-0.05, 0) is 44.7 Å². The summed E-state index contributed by atoms with van der Waals surface area (Å²) in [6.07, 6.45) is 6.40. The largest absolute Gasteiger partial charge is 0.459 e. The molecule has 0 aromatic heterocycles. The second kappa shape index (κ2) is 5.45. The van der Waals surface area contributed by atoms with Gasteiger partial charge >= 0.3 is 5.97 Å². The molecule has 3 heteroatoms.